The van der Waals surface area contributed by atoms with E-state index in [1.807, 2.05) is 0 Å². The van der Waals surface area contributed by atoms with Gasteiger partial charge in [-0.2, -0.15) is 4.98 Å². The van der Waals surface area contributed by atoms with Gasteiger partial charge in [0.05, 0.1) is 0 Å². The zero-order chi connectivity index (χ0) is 13.7. The molecule has 0 aliphatic heterocycles. The van der Waals surface area contributed by atoms with Crippen molar-refractivity contribution in [1.29, 1.82) is 0 Å². The summed E-state index contributed by atoms with van der Waals surface area (Å²) < 4.78 is 4.78. The number of nitrogens with one attached hydrogen (secondary N) is 1. The fraction of sp³-hybridized carbons (Fsp3) is 0.600. The quantitative estimate of drug-likeness (QED) is 0.769. The lowest BCUT2D eigenvalue weighted by Crippen LogP contribution is -2.46. The van der Waals surface area contributed by atoms with E-state index < -0.39 is 18.0 Å². The molecule has 0 saturated carbocycles. The molecule has 1 rings (SSSR count). The summed E-state index contributed by atoms with van der Waals surface area (Å²) in [5, 5.41) is 15.0. The molecule has 2 amide bonds. The number of nitrogens with zero attached hydrogens (tertiary/aromatic N) is 3. The number of hydrogen-bond donors (Lipinski definition) is 2. The minimum atomic E-state index is -1.05. The normalized spacial score (nSPS) is 11.9. The van der Waals surface area contributed by atoms with Gasteiger partial charge in [-0.25, -0.2) is 9.59 Å². The summed E-state index contributed by atoms with van der Waals surface area (Å²) >= 11 is 0. The number of carboxylic acid groups (broad SMARTS) is 1. The van der Waals surface area contributed by atoms with Crippen LogP contribution in [0.1, 0.15) is 18.6 Å². The minimum absolute atomic E-state index is 0.314. The Morgan fingerprint density at radius 1 is 1.56 bits per heavy atom. The molecule has 0 radical (unpaired) electrons. The van der Waals surface area contributed by atoms with E-state index in [1.54, 1.807) is 6.92 Å². The highest BCUT2D eigenvalue weighted by Crippen LogP contribution is 1.97. The Labute approximate surface area is 104 Å². The van der Waals surface area contributed by atoms with Crippen LogP contribution in [0.4, 0.5) is 4.79 Å². The molecular formula is C10H16N4O4. The number of carbonyl (C=O) groups is 2. The van der Waals surface area contributed by atoms with Crippen LogP contribution in [0.3, 0.4) is 0 Å². The Kier molecular flexibility index (Phi) is 4.64. The zero-order valence-corrected chi connectivity index (χ0v) is 10.5. The largest absolute Gasteiger partial charge is 0.480 e. The van der Waals surface area contributed by atoms with Gasteiger partial charge in [0.1, 0.15) is 6.04 Å². The van der Waals surface area contributed by atoms with Crippen molar-refractivity contribution in [2.24, 2.45) is 0 Å². The molecule has 1 aromatic heterocycles. The molecular weight excluding hydrogens is 240 g/mol. The van der Waals surface area contributed by atoms with Crippen LogP contribution >= 0.6 is 0 Å². The molecule has 8 heteroatoms. The lowest BCUT2D eigenvalue weighted by atomic mass is 10.3. The van der Waals surface area contributed by atoms with Crippen molar-refractivity contribution in [1.82, 2.24) is 20.4 Å². The molecule has 1 heterocycles. The van der Waals surface area contributed by atoms with Crippen molar-refractivity contribution >= 4 is 12.0 Å². The Morgan fingerprint density at radius 2 is 2.22 bits per heavy atom. The Morgan fingerprint density at radius 3 is 2.72 bits per heavy atom. The fourth-order valence-corrected chi connectivity index (χ4v) is 1.19. The van der Waals surface area contributed by atoms with E-state index in [4.69, 9.17) is 9.63 Å². The van der Waals surface area contributed by atoms with E-state index in [2.05, 4.69) is 15.5 Å². The average Bonchev–Trinajstić information content (AvgIpc) is 2.72. The molecule has 0 aliphatic rings. The predicted octanol–water partition coefficient (Wildman–Crippen LogP) is 0.0350. The number of urea groups is 1. The molecule has 1 atom stereocenters. The molecule has 1 aromatic rings. The molecule has 2 N–H and O–H groups in total. The first-order chi connectivity index (χ1) is 8.41. The molecule has 0 spiro atoms. The summed E-state index contributed by atoms with van der Waals surface area (Å²) in [5.74, 6) is -0.0869. The number of rotatable bonds is 5. The van der Waals surface area contributed by atoms with E-state index in [9.17, 15) is 9.59 Å². The molecule has 0 bridgehead atoms. The predicted molar refractivity (Wildman–Crippen MR) is 61.0 cm³/mol. The van der Waals surface area contributed by atoms with Crippen LogP contribution in [-0.4, -0.2) is 51.8 Å². The van der Waals surface area contributed by atoms with Crippen LogP contribution in [0, 0.1) is 6.92 Å². The van der Waals surface area contributed by atoms with Gasteiger partial charge in [-0.1, -0.05) is 5.16 Å². The number of aliphatic carboxylic acids is 1. The van der Waals surface area contributed by atoms with E-state index in [1.165, 1.54) is 14.0 Å². The number of carboxylic acids is 1. The van der Waals surface area contributed by atoms with Crippen LogP contribution in [-0.2, 0) is 11.2 Å². The van der Waals surface area contributed by atoms with Gasteiger partial charge in [-0.3, -0.25) is 0 Å². The third-order valence-electron chi connectivity index (χ3n) is 2.45. The van der Waals surface area contributed by atoms with Crippen LogP contribution in [0.5, 0.6) is 0 Å². The molecule has 0 aromatic carbocycles. The lowest BCUT2D eigenvalue weighted by Gasteiger charge is -2.21. The third-order valence-corrected chi connectivity index (χ3v) is 2.45. The van der Waals surface area contributed by atoms with Gasteiger partial charge in [-0.15, -0.1) is 0 Å². The van der Waals surface area contributed by atoms with E-state index in [0.717, 1.165) is 4.90 Å². The number of aryl methyl sites for hydroxylation is 1. The molecule has 1 unspecified atom stereocenters. The highest BCUT2D eigenvalue weighted by Gasteiger charge is 2.21. The third kappa shape index (κ3) is 3.72. The summed E-state index contributed by atoms with van der Waals surface area (Å²) in [6.45, 7) is 3.43. The SMILES string of the molecule is Cc1nc(CCNC(=O)N(C)C(C)C(=O)O)no1. The monoisotopic (exact) mass is 256 g/mol. The first-order valence-electron chi connectivity index (χ1n) is 5.44. The lowest BCUT2D eigenvalue weighted by molar-refractivity contribution is -0.141. The zero-order valence-electron chi connectivity index (χ0n) is 10.5. The van der Waals surface area contributed by atoms with Crippen molar-refractivity contribution in [2.45, 2.75) is 26.3 Å². The standard InChI is InChI=1S/C10H16N4O4/c1-6(9(15)16)14(3)10(17)11-5-4-8-12-7(2)18-13-8/h6H,4-5H2,1-3H3,(H,11,17)(H,15,16). The number of amides is 2. The van der Waals surface area contributed by atoms with Crippen LogP contribution in [0.2, 0.25) is 0 Å². The van der Waals surface area contributed by atoms with Crippen molar-refractivity contribution in [3.8, 4) is 0 Å². The van der Waals surface area contributed by atoms with E-state index in [-0.39, 0.29) is 0 Å². The van der Waals surface area contributed by atoms with Gasteiger partial charge in [0, 0.05) is 26.9 Å². The van der Waals surface area contributed by atoms with Gasteiger partial charge in [0.2, 0.25) is 5.89 Å². The second kappa shape index (κ2) is 5.99. The van der Waals surface area contributed by atoms with Gasteiger partial charge in [-0.05, 0) is 6.92 Å². The first kappa shape index (κ1) is 13.9. The van der Waals surface area contributed by atoms with Crippen LogP contribution in [0.25, 0.3) is 0 Å². The molecule has 18 heavy (non-hydrogen) atoms. The highest BCUT2D eigenvalue weighted by molar-refractivity contribution is 5.82. The Bertz CT molecular complexity index is 431. The molecule has 8 nitrogen and oxygen atoms in total. The molecule has 0 saturated heterocycles. The van der Waals surface area contributed by atoms with Crippen LogP contribution < -0.4 is 5.32 Å². The minimum Gasteiger partial charge on any atom is -0.480 e. The van der Waals surface area contributed by atoms with Crippen molar-refractivity contribution in [2.75, 3.05) is 13.6 Å². The smallest absolute Gasteiger partial charge is 0.326 e. The summed E-state index contributed by atoms with van der Waals surface area (Å²) in [4.78, 5) is 27.4. The Balaban J connectivity index is 2.35. The van der Waals surface area contributed by atoms with Gasteiger partial charge in [0.15, 0.2) is 5.82 Å². The summed E-state index contributed by atoms with van der Waals surface area (Å²) in [6, 6.07) is -1.33. The van der Waals surface area contributed by atoms with Crippen LogP contribution in [0.15, 0.2) is 4.52 Å². The van der Waals surface area contributed by atoms with Gasteiger partial charge < -0.3 is 19.8 Å². The molecule has 0 aliphatic carbocycles. The van der Waals surface area contributed by atoms with E-state index in [0.29, 0.717) is 24.7 Å². The summed E-state index contributed by atoms with van der Waals surface area (Å²) in [5.41, 5.74) is 0. The van der Waals surface area contributed by atoms with Gasteiger partial charge >= 0.3 is 12.0 Å². The van der Waals surface area contributed by atoms with Gasteiger partial charge in [0.25, 0.3) is 0 Å². The maximum absolute atomic E-state index is 11.6. The first-order valence-corrected chi connectivity index (χ1v) is 5.44. The number of aromatic nitrogens is 2. The summed E-state index contributed by atoms with van der Waals surface area (Å²) in [6.07, 6.45) is 0.429. The number of likely N-dealkylation sites (N-methyl/N-ethyl adjacent to an activating group) is 1. The van der Waals surface area contributed by atoms with Crippen molar-refractivity contribution < 1.29 is 19.2 Å². The fourth-order valence-electron chi connectivity index (χ4n) is 1.19. The molecule has 100 valence electrons. The average molecular weight is 256 g/mol. The van der Waals surface area contributed by atoms with Crippen molar-refractivity contribution in [3.63, 3.8) is 0 Å². The second-order valence-electron chi connectivity index (χ2n) is 3.84. The topological polar surface area (TPSA) is 109 Å². The van der Waals surface area contributed by atoms with E-state index >= 15 is 0 Å². The Hall–Kier alpha value is -2.12. The second-order valence-corrected chi connectivity index (χ2v) is 3.84. The number of carbonyl (C=O) groups excluding carboxylic acids is 1. The number of hydrogen-bond acceptors (Lipinski definition) is 5. The molecule has 0 fully saturated rings. The maximum Gasteiger partial charge on any atom is 0.326 e. The summed E-state index contributed by atoms with van der Waals surface area (Å²) in [7, 11) is 1.42. The maximum atomic E-state index is 11.6. The van der Waals surface area contributed by atoms with Crippen molar-refractivity contribution in [3.05, 3.63) is 11.7 Å². The highest BCUT2D eigenvalue weighted by atomic mass is 16.5.